The zero-order valence-corrected chi connectivity index (χ0v) is 25.3. The van der Waals surface area contributed by atoms with Crippen LogP contribution in [0.4, 0.5) is 0 Å². The predicted molar refractivity (Wildman–Crippen MR) is 155 cm³/mol. The van der Waals surface area contributed by atoms with Crippen LogP contribution in [0.5, 0.6) is 0 Å². The molecule has 202 valence electrons. The molecule has 0 saturated carbocycles. The lowest BCUT2D eigenvalue weighted by molar-refractivity contribution is 0.0807. The molecule has 1 aliphatic carbocycles. The summed E-state index contributed by atoms with van der Waals surface area (Å²) < 4.78 is 39.3. The van der Waals surface area contributed by atoms with E-state index in [2.05, 4.69) is 37.4 Å². The van der Waals surface area contributed by atoms with Crippen molar-refractivity contribution >= 4 is 40.1 Å². The smallest absolute Gasteiger partial charge is 0.370 e. The van der Waals surface area contributed by atoms with E-state index in [1.54, 1.807) is 0 Å². The Balaban J connectivity index is 2.67. The molecule has 0 amide bonds. The first kappa shape index (κ1) is 29.7. The highest BCUT2D eigenvalue weighted by atomic mass is 28.4. The molecule has 0 atom stereocenters. The second-order valence-electron chi connectivity index (χ2n) is 8.38. The third-order valence-electron chi connectivity index (χ3n) is 6.37. The molecule has 0 fully saturated rings. The van der Waals surface area contributed by atoms with Crippen LogP contribution in [0.3, 0.4) is 0 Å². The van der Waals surface area contributed by atoms with E-state index in [4.69, 9.17) is 26.6 Å². The molecule has 3 rings (SSSR count). The molecule has 0 bridgehead atoms. The van der Waals surface area contributed by atoms with Gasteiger partial charge in [0.1, 0.15) is 0 Å². The second-order valence-corrected chi connectivity index (χ2v) is 13.3. The lowest BCUT2D eigenvalue weighted by atomic mass is 9.95. The van der Waals surface area contributed by atoms with Crippen LogP contribution in [0.1, 0.15) is 63.8 Å². The highest BCUT2D eigenvalue weighted by Gasteiger charge is 2.57. The van der Waals surface area contributed by atoms with E-state index in [1.165, 1.54) is 5.56 Å². The van der Waals surface area contributed by atoms with E-state index < -0.39 is 17.6 Å². The minimum atomic E-state index is -3.51. The van der Waals surface area contributed by atoms with Gasteiger partial charge in [-0.15, -0.1) is 0 Å². The van der Waals surface area contributed by atoms with E-state index in [9.17, 15) is 0 Å². The Morgan fingerprint density at radius 3 is 1.51 bits per heavy atom. The van der Waals surface area contributed by atoms with Crippen molar-refractivity contribution in [2.24, 2.45) is 0 Å². The molecule has 0 N–H and O–H groups in total. The molecule has 0 unspecified atom stereocenters. The number of fused-ring (bicyclic) bond motifs is 3. The van der Waals surface area contributed by atoms with E-state index in [0.29, 0.717) is 39.6 Å². The topological polar surface area (TPSA) is 55.4 Å². The second kappa shape index (κ2) is 13.3. The molecular formula is C29H42O6Si2. The third kappa shape index (κ3) is 5.35. The summed E-state index contributed by atoms with van der Waals surface area (Å²) in [6.07, 6.45) is 4.53. The number of hydrogen-bond donors (Lipinski definition) is 0. The maximum absolute atomic E-state index is 6.57. The average molecular weight is 543 g/mol. The van der Waals surface area contributed by atoms with Crippen molar-refractivity contribution in [3.8, 4) is 11.1 Å². The Morgan fingerprint density at radius 1 is 0.649 bits per heavy atom. The lowest BCUT2D eigenvalue weighted by Gasteiger charge is -2.38. The molecule has 0 saturated heterocycles. The van der Waals surface area contributed by atoms with Gasteiger partial charge in [-0.1, -0.05) is 49.6 Å². The first-order valence-electron chi connectivity index (χ1n) is 13.4. The highest BCUT2D eigenvalue weighted by Crippen LogP contribution is 2.41. The summed E-state index contributed by atoms with van der Waals surface area (Å²) in [5, 5.41) is 1.70. The Kier molecular flexibility index (Phi) is 10.6. The van der Waals surface area contributed by atoms with Crippen LogP contribution in [0.25, 0.3) is 23.3 Å². The maximum Gasteiger partial charge on any atom is 0.538 e. The first-order valence-corrected chi connectivity index (χ1v) is 16.8. The third-order valence-corrected chi connectivity index (χ3v) is 12.9. The van der Waals surface area contributed by atoms with Gasteiger partial charge in [-0.2, -0.15) is 0 Å². The molecule has 1 aliphatic rings. The monoisotopic (exact) mass is 542 g/mol. The van der Waals surface area contributed by atoms with Crippen LogP contribution in [-0.2, 0) is 33.0 Å². The van der Waals surface area contributed by atoms with Crippen molar-refractivity contribution < 1.29 is 26.6 Å². The first-order chi connectivity index (χ1) is 18.0. The standard InChI is InChI=1S/C29H42O6Si2/c1-9-23-24(10-2)28(36(30-11-3,31-12-4)32-13-5)29(37(33-14-6,34-15-7)35-16-8)27-25-20-18-17-19-22(25)21-26(23)27/h9-10,17-20H,1-2,11-16,21H2,3-8H3. The van der Waals surface area contributed by atoms with Gasteiger partial charge in [-0.25, -0.2) is 0 Å². The predicted octanol–water partition coefficient (Wildman–Crippen LogP) is 5.05. The van der Waals surface area contributed by atoms with Gasteiger partial charge in [0.05, 0.1) is 0 Å². The fourth-order valence-corrected chi connectivity index (χ4v) is 11.9. The summed E-state index contributed by atoms with van der Waals surface area (Å²) in [6.45, 7) is 22.8. The van der Waals surface area contributed by atoms with E-state index in [0.717, 1.165) is 44.6 Å². The summed E-state index contributed by atoms with van der Waals surface area (Å²) >= 11 is 0. The Morgan fingerprint density at radius 2 is 1.08 bits per heavy atom. The van der Waals surface area contributed by atoms with Crippen LogP contribution in [0.2, 0.25) is 0 Å². The SMILES string of the molecule is C=Cc1c(C=C)c([Si](OCC)(OCC)OCC)c([Si](OCC)(OCC)OCC)c2c1Cc1ccccc1-2. The lowest BCUT2D eigenvalue weighted by Crippen LogP contribution is -2.71. The number of benzene rings is 2. The van der Waals surface area contributed by atoms with Gasteiger partial charge in [-0.05, 0) is 81.3 Å². The number of rotatable bonds is 16. The molecule has 0 heterocycles. The van der Waals surface area contributed by atoms with E-state index in [1.807, 2.05) is 53.7 Å². The van der Waals surface area contributed by atoms with Crippen LogP contribution in [0, 0.1) is 0 Å². The van der Waals surface area contributed by atoms with Crippen LogP contribution in [-0.4, -0.2) is 57.3 Å². The zero-order chi connectivity index (χ0) is 27.1. The van der Waals surface area contributed by atoms with Crippen LogP contribution < -0.4 is 10.4 Å². The minimum absolute atomic E-state index is 0.422. The summed E-state index contributed by atoms with van der Waals surface area (Å²) in [7, 11) is -7.02. The van der Waals surface area contributed by atoms with Gasteiger partial charge in [0.2, 0.25) is 0 Å². The van der Waals surface area contributed by atoms with Crippen LogP contribution in [0.15, 0.2) is 37.4 Å². The maximum atomic E-state index is 6.57. The molecule has 8 heteroatoms. The summed E-state index contributed by atoms with van der Waals surface area (Å²) in [4.78, 5) is 0. The summed E-state index contributed by atoms with van der Waals surface area (Å²) in [5.74, 6) is 0. The number of hydrogen-bond acceptors (Lipinski definition) is 6. The van der Waals surface area contributed by atoms with Gasteiger partial charge in [0, 0.05) is 50.0 Å². The normalized spacial score (nSPS) is 12.9. The summed E-state index contributed by atoms with van der Waals surface area (Å²) in [5.41, 5.74) is 6.48. The van der Waals surface area contributed by atoms with Crippen molar-refractivity contribution in [1.82, 2.24) is 0 Å². The van der Waals surface area contributed by atoms with Crippen molar-refractivity contribution in [3.63, 3.8) is 0 Å². The molecule has 2 aromatic carbocycles. The highest BCUT2D eigenvalue weighted by molar-refractivity contribution is 6.88. The van der Waals surface area contributed by atoms with Gasteiger partial charge < -0.3 is 26.6 Å². The zero-order valence-electron chi connectivity index (χ0n) is 23.3. The fourth-order valence-electron chi connectivity index (χ4n) is 5.32. The molecule has 2 aromatic rings. The Hall–Kier alpha value is -1.89. The van der Waals surface area contributed by atoms with Gasteiger partial charge >= 0.3 is 17.6 Å². The van der Waals surface area contributed by atoms with Crippen LogP contribution >= 0.6 is 0 Å². The quantitative estimate of drug-likeness (QED) is 0.236. The Labute approximate surface area is 224 Å². The minimum Gasteiger partial charge on any atom is -0.370 e. The van der Waals surface area contributed by atoms with Gasteiger partial charge in [-0.3, -0.25) is 0 Å². The molecule has 0 spiro atoms. The molecule has 0 radical (unpaired) electrons. The van der Waals surface area contributed by atoms with Gasteiger partial charge in [0.15, 0.2) is 0 Å². The fraction of sp³-hybridized carbons (Fsp3) is 0.448. The van der Waals surface area contributed by atoms with Crippen molar-refractivity contribution in [3.05, 3.63) is 59.7 Å². The molecule has 6 nitrogen and oxygen atoms in total. The largest absolute Gasteiger partial charge is 0.538 e. The Bertz CT molecular complexity index is 1070. The van der Waals surface area contributed by atoms with Gasteiger partial charge in [0.25, 0.3) is 0 Å². The van der Waals surface area contributed by atoms with E-state index in [-0.39, 0.29) is 0 Å². The molecule has 37 heavy (non-hydrogen) atoms. The van der Waals surface area contributed by atoms with Crippen molar-refractivity contribution in [2.75, 3.05) is 39.6 Å². The molecule has 0 aliphatic heterocycles. The average Bonchev–Trinajstić information content (AvgIpc) is 3.27. The van der Waals surface area contributed by atoms with Crippen molar-refractivity contribution in [2.45, 2.75) is 48.0 Å². The molecule has 0 aromatic heterocycles. The molecular weight excluding hydrogens is 500 g/mol. The van der Waals surface area contributed by atoms with E-state index >= 15 is 0 Å². The van der Waals surface area contributed by atoms with Crippen molar-refractivity contribution in [1.29, 1.82) is 0 Å². The summed E-state index contributed by atoms with van der Waals surface area (Å²) in [6, 6.07) is 8.47.